The minimum atomic E-state index is -0.647. The third kappa shape index (κ3) is 4.96. The number of hydrogen-bond donors (Lipinski definition) is 2. The van der Waals surface area contributed by atoms with Crippen molar-refractivity contribution in [2.24, 2.45) is 0 Å². The Kier molecular flexibility index (Phi) is 7.41. The summed E-state index contributed by atoms with van der Waals surface area (Å²) in [6.07, 6.45) is 0. The van der Waals surface area contributed by atoms with Gasteiger partial charge < -0.3 is 24.7 Å². The molecule has 2 aromatic heterocycles. The maximum absolute atomic E-state index is 12.5. The van der Waals surface area contributed by atoms with E-state index in [1.165, 1.54) is 4.90 Å². The van der Waals surface area contributed by atoms with Crippen LogP contribution in [-0.2, 0) is 14.3 Å². The average molecular weight is 486 g/mol. The van der Waals surface area contributed by atoms with Crippen molar-refractivity contribution in [2.75, 3.05) is 32.6 Å². The second-order valence-corrected chi connectivity index (χ2v) is 8.96. The molecule has 2 N–H and O–H groups in total. The summed E-state index contributed by atoms with van der Waals surface area (Å²) in [6, 6.07) is 5.13. The van der Waals surface area contributed by atoms with E-state index in [1.807, 2.05) is 13.8 Å². The van der Waals surface area contributed by atoms with Crippen molar-refractivity contribution < 1.29 is 28.7 Å². The second-order valence-electron chi connectivity index (χ2n) is 7.94. The van der Waals surface area contributed by atoms with E-state index < -0.39 is 24.5 Å². The Hall–Kier alpha value is -3.66. The van der Waals surface area contributed by atoms with Crippen LogP contribution in [0.1, 0.15) is 54.1 Å². The molecule has 3 aromatic rings. The number of carbonyl (C=O) groups excluding carboxylic acids is 4. The number of ether oxygens (including phenoxy) is 2. The number of carbonyl (C=O) groups is 4. The summed E-state index contributed by atoms with van der Waals surface area (Å²) in [4.78, 5) is 54.9. The first-order chi connectivity index (χ1) is 16.0. The van der Waals surface area contributed by atoms with E-state index in [2.05, 4.69) is 10.3 Å². The van der Waals surface area contributed by atoms with E-state index in [0.717, 1.165) is 33.5 Å². The van der Waals surface area contributed by atoms with Crippen molar-refractivity contribution in [2.45, 2.75) is 27.7 Å². The van der Waals surface area contributed by atoms with Gasteiger partial charge in [-0.25, -0.2) is 9.59 Å². The number of hydrogen-bond acceptors (Lipinski definition) is 7. The minimum absolute atomic E-state index is 0.112. The van der Waals surface area contributed by atoms with E-state index in [0.29, 0.717) is 16.0 Å². The summed E-state index contributed by atoms with van der Waals surface area (Å²) in [6.45, 7) is 6.77. The molecule has 0 bridgehead atoms. The summed E-state index contributed by atoms with van der Waals surface area (Å²) >= 11 is 0.973. The molecule has 0 spiro atoms. The van der Waals surface area contributed by atoms with E-state index in [-0.39, 0.29) is 23.1 Å². The van der Waals surface area contributed by atoms with Gasteiger partial charge in [-0.2, -0.15) is 0 Å². The topological polar surface area (TPSA) is 118 Å². The number of H-pyrrole nitrogens is 1. The van der Waals surface area contributed by atoms with E-state index in [9.17, 15) is 19.2 Å². The number of nitrogens with one attached hydrogen (secondary N) is 2. The first kappa shape index (κ1) is 25.0. The van der Waals surface area contributed by atoms with Crippen LogP contribution in [0.3, 0.4) is 0 Å². The molecule has 10 heteroatoms. The number of aromatic nitrogens is 1. The molecule has 0 saturated carbocycles. The predicted molar refractivity (Wildman–Crippen MR) is 130 cm³/mol. The third-order valence-corrected chi connectivity index (χ3v) is 6.55. The molecule has 2 heterocycles. The Labute approximate surface area is 201 Å². The van der Waals surface area contributed by atoms with Gasteiger partial charge >= 0.3 is 11.9 Å². The summed E-state index contributed by atoms with van der Waals surface area (Å²) in [7, 11) is 3.19. The first-order valence-electron chi connectivity index (χ1n) is 10.6. The van der Waals surface area contributed by atoms with E-state index in [4.69, 9.17) is 9.47 Å². The number of aryl methyl sites for hydroxylation is 2. The summed E-state index contributed by atoms with van der Waals surface area (Å²) in [5.74, 6) is -2.23. The smallest absolute Gasteiger partial charge is 0.341 e. The normalized spacial score (nSPS) is 10.8. The Morgan fingerprint density at radius 2 is 1.74 bits per heavy atom. The molecule has 2 amide bonds. The maximum Gasteiger partial charge on any atom is 0.341 e. The number of fused-ring (bicyclic) bond motifs is 1. The fourth-order valence-corrected chi connectivity index (χ4v) is 4.66. The lowest BCUT2D eigenvalue weighted by Crippen LogP contribution is -2.22. The highest BCUT2D eigenvalue weighted by molar-refractivity contribution is 7.18. The van der Waals surface area contributed by atoms with Crippen LogP contribution >= 0.6 is 11.3 Å². The molecule has 0 aliphatic carbocycles. The fourth-order valence-electron chi connectivity index (χ4n) is 3.42. The standard InChI is InChI=1S/C24H27N3O6S/c1-7-32-24(31)19-13(3)20(22(29)27(5)6)34-21(19)26-18(28)11-33-23(30)15-8-9-17-16(10-15)12(2)14(4)25-17/h8-10,25H,7,11H2,1-6H3,(H,26,28). The van der Waals surface area contributed by atoms with Crippen molar-refractivity contribution in [3.63, 3.8) is 0 Å². The van der Waals surface area contributed by atoms with Gasteiger partial charge in [0.05, 0.1) is 22.6 Å². The molecule has 180 valence electrons. The maximum atomic E-state index is 12.5. The van der Waals surface area contributed by atoms with Crippen LogP contribution in [0.4, 0.5) is 5.00 Å². The van der Waals surface area contributed by atoms with E-state index >= 15 is 0 Å². The molecule has 9 nitrogen and oxygen atoms in total. The number of aromatic amines is 1. The fraction of sp³-hybridized carbons (Fsp3) is 0.333. The highest BCUT2D eigenvalue weighted by Crippen LogP contribution is 2.34. The molecule has 0 fully saturated rings. The van der Waals surface area contributed by atoms with Gasteiger partial charge in [-0.3, -0.25) is 9.59 Å². The quantitative estimate of drug-likeness (QED) is 0.491. The largest absolute Gasteiger partial charge is 0.462 e. The number of rotatable bonds is 7. The van der Waals surface area contributed by atoms with Gasteiger partial charge in [-0.15, -0.1) is 11.3 Å². The van der Waals surface area contributed by atoms with Crippen molar-refractivity contribution >= 4 is 51.0 Å². The lowest BCUT2D eigenvalue weighted by atomic mass is 10.1. The number of thiophene rings is 1. The van der Waals surface area contributed by atoms with Crippen LogP contribution in [0.2, 0.25) is 0 Å². The molecule has 0 atom stereocenters. The molecule has 1 aromatic carbocycles. The summed E-state index contributed by atoms with van der Waals surface area (Å²) in [5.41, 5.74) is 3.80. The van der Waals surface area contributed by atoms with Crippen LogP contribution in [0.5, 0.6) is 0 Å². The van der Waals surface area contributed by atoms with Crippen LogP contribution < -0.4 is 5.32 Å². The SMILES string of the molecule is CCOC(=O)c1c(NC(=O)COC(=O)c2ccc3[nH]c(C)c(C)c3c2)sc(C(=O)N(C)C)c1C. The molecule has 0 radical (unpaired) electrons. The lowest BCUT2D eigenvalue weighted by Gasteiger charge is -2.09. The van der Waals surface area contributed by atoms with Crippen LogP contribution in [0.25, 0.3) is 10.9 Å². The average Bonchev–Trinajstić information content (AvgIpc) is 3.26. The zero-order valence-electron chi connectivity index (χ0n) is 20.0. The Morgan fingerprint density at radius 3 is 2.38 bits per heavy atom. The van der Waals surface area contributed by atoms with Crippen molar-refractivity contribution in [1.82, 2.24) is 9.88 Å². The number of anilines is 1. The zero-order chi connectivity index (χ0) is 25.2. The molecule has 3 rings (SSSR count). The van der Waals surface area contributed by atoms with Crippen molar-refractivity contribution in [1.29, 1.82) is 0 Å². The monoisotopic (exact) mass is 485 g/mol. The van der Waals surface area contributed by atoms with Gasteiger partial charge in [-0.05, 0) is 57.0 Å². The highest BCUT2D eigenvalue weighted by atomic mass is 32.1. The molecular weight excluding hydrogens is 458 g/mol. The molecule has 0 aliphatic heterocycles. The Bertz CT molecular complexity index is 1290. The van der Waals surface area contributed by atoms with Crippen LogP contribution in [-0.4, -0.2) is 60.9 Å². The Balaban J connectivity index is 1.75. The zero-order valence-corrected chi connectivity index (χ0v) is 20.8. The van der Waals surface area contributed by atoms with Gasteiger partial charge in [0, 0.05) is 30.7 Å². The van der Waals surface area contributed by atoms with E-state index in [1.54, 1.807) is 46.1 Å². The third-order valence-electron chi connectivity index (χ3n) is 5.36. The van der Waals surface area contributed by atoms with Crippen molar-refractivity contribution in [3.8, 4) is 0 Å². The lowest BCUT2D eigenvalue weighted by molar-refractivity contribution is -0.119. The predicted octanol–water partition coefficient (Wildman–Crippen LogP) is 3.83. The summed E-state index contributed by atoms with van der Waals surface area (Å²) < 4.78 is 10.3. The highest BCUT2D eigenvalue weighted by Gasteiger charge is 2.27. The molecular formula is C24H27N3O6S. The molecule has 0 aliphatic rings. The second kappa shape index (κ2) is 10.1. The number of benzene rings is 1. The first-order valence-corrected chi connectivity index (χ1v) is 11.4. The van der Waals surface area contributed by atoms with Crippen LogP contribution in [0.15, 0.2) is 18.2 Å². The van der Waals surface area contributed by atoms with Crippen molar-refractivity contribution in [3.05, 3.63) is 51.0 Å². The minimum Gasteiger partial charge on any atom is -0.462 e. The van der Waals surface area contributed by atoms with Gasteiger partial charge in [0.2, 0.25) is 0 Å². The van der Waals surface area contributed by atoms with Gasteiger partial charge in [-0.1, -0.05) is 0 Å². The molecule has 0 saturated heterocycles. The molecule has 34 heavy (non-hydrogen) atoms. The summed E-state index contributed by atoms with van der Waals surface area (Å²) in [5, 5.41) is 3.65. The molecule has 0 unspecified atom stereocenters. The van der Waals surface area contributed by atoms with Gasteiger partial charge in [0.25, 0.3) is 11.8 Å². The number of nitrogens with zero attached hydrogens (tertiary/aromatic N) is 1. The van der Waals surface area contributed by atoms with Crippen LogP contribution in [0, 0.1) is 20.8 Å². The van der Waals surface area contributed by atoms with Gasteiger partial charge in [0.15, 0.2) is 6.61 Å². The number of esters is 2. The Morgan fingerprint density at radius 1 is 1.03 bits per heavy atom. The number of amides is 2. The van der Waals surface area contributed by atoms with Gasteiger partial charge in [0.1, 0.15) is 5.00 Å².